The van der Waals surface area contributed by atoms with Crippen LogP contribution < -0.4 is 10.1 Å². The van der Waals surface area contributed by atoms with Crippen LogP contribution in [0, 0.1) is 6.92 Å². The van der Waals surface area contributed by atoms with Gasteiger partial charge in [0.15, 0.2) is 0 Å². The molecule has 0 bridgehead atoms. The van der Waals surface area contributed by atoms with Gasteiger partial charge in [0.05, 0.1) is 23.4 Å². The minimum Gasteiger partial charge on any atom is -0.497 e. The normalized spacial score (nSPS) is 10.7. The van der Waals surface area contributed by atoms with Crippen LogP contribution >= 0.6 is 23.1 Å². The zero-order chi connectivity index (χ0) is 19.9. The number of methoxy groups -OCH3 is 1. The lowest BCUT2D eigenvalue weighted by molar-refractivity contribution is -0.118. The number of benzene rings is 1. The molecule has 2 heterocycles. The number of carbonyl (C=O) groups excluding carboxylic acids is 1. The van der Waals surface area contributed by atoms with E-state index in [4.69, 9.17) is 4.74 Å². The van der Waals surface area contributed by atoms with Crippen molar-refractivity contribution in [2.24, 2.45) is 0 Å². The summed E-state index contributed by atoms with van der Waals surface area (Å²) < 4.78 is 5.21. The van der Waals surface area contributed by atoms with E-state index in [0.29, 0.717) is 12.3 Å². The largest absolute Gasteiger partial charge is 0.497 e. The summed E-state index contributed by atoms with van der Waals surface area (Å²) in [5, 5.41) is 13.1. The first-order valence-electron chi connectivity index (χ1n) is 8.96. The monoisotopic (exact) mass is 414 g/mol. The first-order valence-corrected chi connectivity index (χ1v) is 10.8. The highest BCUT2D eigenvalue weighted by Gasteiger charge is 2.13. The molecular formula is C20H22N4O2S2. The number of rotatable bonds is 8. The Balaban J connectivity index is 1.70. The van der Waals surface area contributed by atoms with Crippen molar-refractivity contribution in [2.45, 2.75) is 25.3 Å². The lowest BCUT2D eigenvalue weighted by Crippen LogP contribution is -2.25. The molecule has 3 rings (SSSR count). The third kappa shape index (κ3) is 5.08. The van der Waals surface area contributed by atoms with Gasteiger partial charge >= 0.3 is 0 Å². The van der Waals surface area contributed by atoms with E-state index in [9.17, 15) is 4.79 Å². The van der Waals surface area contributed by atoms with Crippen LogP contribution in [0.5, 0.6) is 5.75 Å². The van der Waals surface area contributed by atoms with E-state index in [1.165, 1.54) is 11.8 Å². The van der Waals surface area contributed by atoms with Crippen LogP contribution in [0.25, 0.3) is 21.1 Å². The van der Waals surface area contributed by atoms with Gasteiger partial charge in [-0.2, -0.15) is 0 Å². The van der Waals surface area contributed by atoms with Crippen LogP contribution in [0.1, 0.15) is 19.0 Å². The van der Waals surface area contributed by atoms with Crippen molar-refractivity contribution in [1.29, 1.82) is 0 Å². The quantitative estimate of drug-likeness (QED) is 0.557. The fourth-order valence-corrected chi connectivity index (χ4v) is 4.14. The molecule has 8 heteroatoms. The van der Waals surface area contributed by atoms with Crippen LogP contribution in [0.15, 0.2) is 41.4 Å². The Labute approximate surface area is 172 Å². The molecule has 0 fully saturated rings. The van der Waals surface area contributed by atoms with Gasteiger partial charge in [-0.25, -0.2) is 4.98 Å². The van der Waals surface area contributed by atoms with Gasteiger partial charge in [0, 0.05) is 12.1 Å². The lowest BCUT2D eigenvalue weighted by atomic mass is 10.2. The number of aryl methyl sites for hydroxylation is 1. The minimum atomic E-state index is 0.0140. The van der Waals surface area contributed by atoms with E-state index < -0.39 is 0 Å². The molecule has 0 saturated heterocycles. The average molecular weight is 415 g/mol. The number of hydrogen-bond acceptors (Lipinski definition) is 7. The fourth-order valence-electron chi connectivity index (χ4n) is 2.46. The van der Waals surface area contributed by atoms with Crippen LogP contribution in [0.4, 0.5) is 0 Å². The third-order valence-electron chi connectivity index (χ3n) is 3.93. The number of carbonyl (C=O) groups is 1. The van der Waals surface area contributed by atoms with Crippen LogP contribution in [-0.2, 0) is 4.79 Å². The Morgan fingerprint density at radius 2 is 1.96 bits per heavy atom. The summed E-state index contributed by atoms with van der Waals surface area (Å²) >= 11 is 2.97. The number of ether oxygens (including phenoxy) is 1. The number of nitrogens with one attached hydrogen (secondary N) is 1. The molecule has 28 heavy (non-hydrogen) atoms. The lowest BCUT2D eigenvalue weighted by Gasteiger charge is -2.03. The Hall–Kier alpha value is -2.45. The molecule has 0 aliphatic rings. The Morgan fingerprint density at radius 1 is 1.18 bits per heavy atom. The second-order valence-electron chi connectivity index (χ2n) is 6.06. The third-order valence-corrected chi connectivity index (χ3v) is 6.08. The van der Waals surface area contributed by atoms with Gasteiger partial charge in [0.2, 0.25) is 5.91 Å². The standard InChI is InChI=1S/C20H22N4O2S2/c1-4-11-21-17(25)12-27-18-10-9-16(23-24-18)19-13(2)22-20(28-19)14-5-7-15(26-3)8-6-14/h5-10H,4,11-12H2,1-3H3,(H,21,25). The van der Waals surface area contributed by atoms with Gasteiger partial charge in [-0.1, -0.05) is 18.7 Å². The highest BCUT2D eigenvalue weighted by Crippen LogP contribution is 2.34. The Bertz CT molecular complexity index is 924. The molecule has 0 radical (unpaired) electrons. The van der Waals surface area contributed by atoms with Crippen molar-refractivity contribution < 1.29 is 9.53 Å². The van der Waals surface area contributed by atoms with Crippen molar-refractivity contribution in [3.8, 4) is 26.9 Å². The van der Waals surface area contributed by atoms with Gasteiger partial charge in [0.1, 0.15) is 21.5 Å². The summed E-state index contributed by atoms with van der Waals surface area (Å²) in [6.07, 6.45) is 0.928. The molecule has 0 spiro atoms. The van der Waals surface area contributed by atoms with E-state index in [-0.39, 0.29) is 5.91 Å². The fraction of sp³-hybridized carbons (Fsp3) is 0.300. The zero-order valence-corrected chi connectivity index (χ0v) is 17.7. The number of nitrogens with zero attached hydrogens (tertiary/aromatic N) is 3. The number of thiazole rings is 1. The molecule has 0 atom stereocenters. The predicted octanol–water partition coefficient (Wildman–Crippen LogP) is 4.20. The molecular weight excluding hydrogens is 392 g/mol. The molecule has 1 N–H and O–H groups in total. The van der Waals surface area contributed by atoms with E-state index in [0.717, 1.165) is 44.0 Å². The van der Waals surface area contributed by atoms with Crippen molar-refractivity contribution in [3.05, 3.63) is 42.1 Å². The van der Waals surface area contributed by atoms with Crippen LogP contribution in [0.3, 0.4) is 0 Å². The minimum absolute atomic E-state index is 0.0140. The molecule has 3 aromatic rings. The maximum absolute atomic E-state index is 11.7. The summed E-state index contributed by atoms with van der Waals surface area (Å²) in [5.74, 6) is 1.18. The van der Waals surface area contributed by atoms with E-state index >= 15 is 0 Å². The van der Waals surface area contributed by atoms with Crippen molar-refractivity contribution >= 4 is 29.0 Å². The second-order valence-corrected chi connectivity index (χ2v) is 8.05. The maximum atomic E-state index is 11.7. The number of aromatic nitrogens is 3. The highest BCUT2D eigenvalue weighted by molar-refractivity contribution is 7.99. The molecule has 146 valence electrons. The Morgan fingerprint density at radius 3 is 2.61 bits per heavy atom. The summed E-state index contributed by atoms with van der Waals surface area (Å²) in [6, 6.07) is 11.7. The molecule has 1 aromatic carbocycles. The average Bonchev–Trinajstić information content (AvgIpc) is 3.12. The maximum Gasteiger partial charge on any atom is 0.230 e. The van der Waals surface area contributed by atoms with Crippen molar-refractivity contribution in [3.63, 3.8) is 0 Å². The van der Waals surface area contributed by atoms with Crippen molar-refractivity contribution in [1.82, 2.24) is 20.5 Å². The highest BCUT2D eigenvalue weighted by atomic mass is 32.2. The molecule has 0 aliphatic carbocycles. The molecule has 2 aromatic heterocycles. The summed E-state index contributed by atoms with van der Waals surface area (Å²) in [5.41, 5.74) is 2.75. The molecule has 0 aliphatic heterocycles. The summed E-state index contributed by atoms with van der Waals surface area (Å²) in [6.45, 7) is 4.70. The first-order chi connectivity index (χ1) is 13.6. The van der Waals surface area contributed by atoms with Gasteiger partial charge in [0.25, 0.3) is 0 Å². The number of thioether (sulfide) groups is 1. The van der Waals surface area contributed by atoms with Gasteiger partial charge in [-0.3, -0.25) is 4.79 Å². The molecule has 1 amide bonds. The molecule has 0 saturated carbocycles. The second kappa shape index (κ2) is 9.66. The number of hydrogen-bond donors (Lipinski definition) is 1. The summed E-state index contributed by atoms with van der Waals surface area (Å²) in [7, 11) is 1.65. The molecule has 6 nitrogen and oxygen atoms in total. The Kier molecular flexibility index (Phi) is 7.00. The predicted molar refractivity (Wildman–Crippen MR) is 114 cm³/mol. The van der Waals surface area contributed by atoms with Crippen LogP contribution in [0.2, 0.25) is 0 Å². The first kappa shape index (κ1) is 20.3. The van der Waals surface area contributed by atoms with Gasteiger partial charge in [-0.15, -0.1) is 21.5 Å². The zero-order valence-electron chi connectivity index (χ0n) is 16.1. The van der Waals surface area contributed by atoms with Crippen LogP contribution in [-0.4, -0.2) is 40.5 Å². The smallest absolute Gasteiger partial charge is 0.230 e. The van der Waals surface area contributed by atoms with E-state index in [2.05, 4.69) is 20.5 Å². The molecule has 0 unspecified atom stereocenters. The SMILES string of the molecule is CCCNC(=O)CSc1ccc(-c2sc(-c3ccc(OC)cc3)nc2C)nn1. The van der Waals surface area contributed by atoms with Gasteiger partial charge in [-0.05, 0) is 49.7 Å². The van der Waals surface area contributed by atoms with E-state index in [1.807, 2.05) is 50.2 Å². The summed E-state index contributed by atoms with van der Waals surface area (Å²) in [4.78, 5) is 17.4. The number of amides is 1. The topological polar surface area (TPSA) is 77.0 Å². The van der Waals surface area contributed by atoms with Crippen molar-refractivity contribution in [2.75, 3.05) is 19.4 Å². The van der Waals surface area contributed by atoms with E-state index in [1.54, 1.807) is 18.4 Å². The van der Waals surface area contributed by atoms with Gasteiger partial charge < -0.3 is 10.1 Å².